The highest BCUT2D eigenvalue weighted by Crippen LogP contribution is 2.32. The van der Waals surface area contributed by atoms with E-state index in [2.05, 4.69) is 9.71 Å². The van der Waals surface area contributed by atoms with Crippen LogP contribution in [0, 0.1) is 11.6 Å². The van der Waals surface area contributed by atoms with Gasteiger partial charge in [-0.25, -0.2) is 17.7 Å². The first-order chi connectivity index (χ1) is 12.3. The zero-order valence-electron chi connectivity index (χ0n) is 15.1. The molecule has 0 saturated carbocycles. The van der Waals surface area contributed by atoms with Crippen molar-refractivity contribution in [2.24, 2.45) is 0 Å². The van der Waals surface area contributed by atoms with Crippen molar-refractivity contribution >= 4 is 22.6 Å². The van der Waals surface area contributed by atoms with Crippen LogP contribution in [0.1, 0.15) is 50.6 Å². The molecule has 0 fully saturated rings. The number of halogens is 5. The van der Waals surface area contributed by atoms with Crippen LogP contribution in [0.5, 0.6) is 0 Å². The average Bonchev–Trinajstić information content (AvgIpc) is 2.56. The van der Waals surface area contributed by atoms with Crippen molar-refractivity contribution < 1.29 is 21.8 Å². The molecule has 0 aliphatic heterocycles. The van der Waals surface area contributed by atoms with E-state index < -0.39 is 50.0 Å². The fourth-order valence-electron chi connectivity index (χ4n) is 2.19. The van der Waals surface area contributed by atoms with Crippen LogP contribution < -0.4 is 4.72 Å². The SMILES string of the molecule is CC(F)(F)c1ccc(C(N[S@](=O)C(C)(C)C)c2ccc(F)c(Cl)c2F)cn1. The largest absolute Gasteiger partial charge is 0.286 e. The van der Waals surface area contributed by atoms with Gasteiger partial charge < -0.3 is 0 Å². The minimum atomic E-state index is -3.14. The summed E-state index contributed by atoms with van der Waals surface area (Å²) in [5.74, 6) is -5.10. The third-order valence-corrected chi connectivity index (χ3v) is 5.64. The predicted octanol–water partition coefficient (Wildman–Crippen LogP) is 5.27. The lowest BCUT2D eigenvalue weighted by Gasteiger charge is -2.25. The molecule has 2 atom stereocenters. The summed E-state index contributed by atoms with van der Waals surface area (Å²) in [5.41, 5.74) is -0.251. The molecule has 1 N–H and O–H groups in total. The van der Waals surface area contributed by atoms with Crippen LogP contribution in [0.25, 0.3) is 0 Å². The van der Waals surface area contributed by atoms with E-state index in [9.17, 15) is 21.8 Å². The van der Waals surface area contributed by atoms with Crippen molar-refractivity contribution in [1.29, 1.82) is 0 Å². The summed E-state index contributed by atoms with van der Waals surface area (Å²) < 4.78 is 69.5. The Bertz CT molecular complexity index is 848. The molecule has 1 heterocycles. The van der Waals surface area contributed by atoms with E-state index in [1.165, 1.54) is 6.07 Å². The zero-order chi connectivity index (χ0) is 20.6. The fraction of sp³-hybridized carbons (Fsp3) is 0.389. The predicted molar refractivity (Wildman–Crippen MR) is 98.0 cm³/mol. The summed E-state index contributed by atoms with van der Waals surface area (Å²) >= 11 is 5.66. The maximum Gasteiger partial charge on any atom is 0.286 e. The first-order valence-corrected chi connectivity index (χ1v) is 9.51. The summed E-state index contributed by atoms with van der Waals surface area (Å²) in [6.45, 7) is 5.83. The van der Waals surface area contributed by atoms with Crippen LogP contribution in [-0.4, -0.2) is 13.9 Å². The van der Waals surface area contributed by atoms with Gasteiger partial charge in [-0.05, 0) is 38.5 Å². The van der Waals surface area contributed by atoms with Crippen LogP contribution in [0.2, 0.25) is 5.02 Å². The highest BCUT2D eigenvalue weighted by atomic mass is 35.5. The van der Waals surface area contributed by atoms with Crippen LogP contribution >= 0.6 is 11.6 Å². The fourth-order valence-corrected chi connectivity index (χ4v) is 3.20. The zero-order valence-corrected chi connectivity index (χ0v) is 16.7. The molecule has 3 nitrogen and oxygen atoms in total. The third-order valence-electron chi connectivity index (χ3n) is 3.73. The smallest absolute Gasteiger partial charge is 0.255 e. The molecule has 2 rings (SSSR count). The molecule has 0 saturated heterocycles. The number of nitrogens with one attached hydrogen (secondary N) is 1. The van der Waals surface area contributed by atoms with Crippen molar-refractivity contribution in [3.05, 3.63) is 63.9 Å². The van der Waals surface area contributed by atoms with E-state index in [0.29, 0.717) is 6.92 Å². The molecule has 1 unspecified atom stereocenters. The van der Waals surface area contributed by atoms with E-state index in [0.717, 1.165) is 24.4 Å². The van der Waals surface area contributed by atoms with Gasteiger partial charge in [0.2, 0.25) is 0 Å². The molecule has 1 aromatic heterocycles. The molecule has 0 radical (unpaired) electrons. The van der Waals surface area contributed by atoms with E-state index in [4.69, 9.17) is 11.6 Å². The van der Waals surface area contributed by atoms with Crippen LogP contribution in [0.3, 0.4) is 0 Å². The second-order valence-electron chi connectivity index (χ2n) is 7.06. The summed E-state index contributed by atoms with van der Waals surface area (Å²) in [5, 5.41) is -0.703. The Morgan fingerprint density at radius 2 is 1.74 bits per heavy atom. The normalized spacial score (nSPS) is 14.9. The van der Waals surface area contributed by atoms with Crippen LogP contribution in [0.4, 0.5) is 17.6 Å². The minimum absolute atomic E-state index is 0.0724. The lowest BCUT2D eigenvalue weighted by atomic mass is 10.00. The quantitative estimate of drug-likeness (QED) is 0.527. The standard InChI is InChI=1S/C18H19ClF4N2OS/c1-17(2,3)27(26)25-16(11-6-7-12(20)14(19)15(11)21)10-5-8-13(24-9-10)18(4,22)23/h5-9,16,25H,1-4H3/t16?,27-/m1/s1. The number of nitrogens with zero attached hydrogens (tertiary/aromatic N) is 1. The van der Waals surface area contributed by atoms with Crippen LogP contribution in [0.15, 0.2) is 30.5 Å². The van der Waals surface area contributed by atoms with Gasteiger partial charge in [-0.3, -0.25) is 4.98 Å². The molecular weight excluding hydrogens is 404 g/mol. The van der Waals surface area contributed by atoms with Crippen LogP contribution in [-0.2, 0) is 16.9 Å². The Morgan fingerprint density at radius 3 is 2.22 bits per heavy atom. The van der Waals surface area contributed by atoms with Crippen molar-refractivity contribution in [3.63, 3.8) is 0 Å². The number of pyridine rings is 1. The van der Waals surface area contributed by atoms with Crippen molar-refractivity contribution in [3.8, 4) is 0 Å². The topological polar surface area (TPSA) is 42.0 Å². The van der Waals surface area contributed by atoms with Gasteiger partial charge in [0.1, 0.15) is 22.4 Å². The van der Waals surface area contributed by atoms with Gasteiger partial charge >= 0.3 is 0 Å². The first-order valence-electron chi connectivity index (χ1n) is 7.98. The maximum atomic E-state index is 14.6. The number of rotatable bonds is 5. The van der Waals surface area contributed by atoms with Gasteiger partial charge in [0, 0.05) is 18.7 Å². The van der Waals surface area contributed by atoms with Gasteiger partial charge in [-0.1, -0.05) is 23.7 Å². The highest BCUT2D eigenvalue weighted by molar-refractivity contribution is 7.84. The third kappa shape index (κ3) is 5.06. The molecule has 0 bridgehead atoms. The summed E-state index contributed by atoms with van der Waals surface area (Å²) in [7, 11) is -1.64. The van der Waals surface area contributed by atoms with Gasteiger partial charge in [0.05, 0.1) is 21.8 Å². The van der Waals surface area contributed by atoms with Gasteiger partial charge in [-0.15, -0.1) is 0 Å². The van der Waals surface area contributed by atoms with E-state index in [1.54, 1.807) is 20.8 Å². The van der Waals surface area contributed by atoms with E-state index >= 15 is 0 Å². The Morgan fingerprint density at radius 1 is 1.11 bits per heavy atom. The molecule has 2 aromatic rings. The second-order valence-corrected chi connectivity index (χ2v) is 9.44. The Kier molecular flexibility index (Phi) is 6.33. The highest BCUT2D eigenvalue weighted by Gasteiger charge is 2.30. The number of hydrogen-bond donors (Lipinski definition) is 1. The van der Waals surface area contributed by atoms with Gasteiger partial charge in [0.25, 0.3) is 5.92 Å². The first kappa shape index (κ1) is 21.8. The molecule has 0 amide bonds. The average molecular weight is 423 g/mol. The number of hydrogen-bond acceptors (Lipinski definition) is 2. The lowest BCUT2D eigenvalue weighted by Crippen LogP contribution is -2.36. The molecule has 0 spiro atoms. The molecule has 27 heavy (non-hydrogen) atoms. The number of benzene rings is 1. The minimum Gasteiger partial charge on any atom is -0.255 e. The van der Waals surface area contributed by atoms with Crippen molar-refractivity contribution in [2.75, 3.05) is 0 Å². The molecule has 0 aliphatic carbocycles. The second kappa shape index (κ2) is 7.85. The van der Waals surface area contributed by atoms with E-state index in [-0.39, 0.29) is 11.1 Å². The van der Waals surface area contributed by atoms with E-state index in [1.807, 2.05) is 0 Å². The molecule has 0 aliphatic rings. The molecular formula is C18H19ClF4N2OS. The van der Waals surface area contributed by atoms with Gasteiger partial charge in [-0.2, -0.15) is 8.78 Å². The maximum absolute atomic E-state index is 14.6. The van der Waals surface area contributed by atoms with Gasteiger partial charge in [0.15, 0.2) is 0 Å². The summed E-state index contributed by atoms with van der Waals surface area (Å²) in [4.78, 5) is 3.72. The molecule has 9 heteroatoms. The number of aromatic nitrogens is 1. The summed E-state index contributed by atoms with van der Waals surface area (Å²) in [6, 6.07) is 3.55. The molecule has 1 aromatic carbocycles. The Balaban J connectivity index is 2.54. The Labute approximate surface area is 162 Å². The molecule has 148 valence electrons. The van der Waals surface area contributed by atoms with Crippen molar-refractivity contribution in [2.45, 2.75) is 44.4 Å². The van der Waals surface area contributed by atoms with Crippen molar-refractivity contribution in [1.82, 2.24) is 9.71 Å². The lowest BCUT2D eigenvalue weighted by molar-refractivity contribution is 0.0127. The monoisotopic (exact) mass is 422 g/mol. The summed E-state index contributed by atoms with van der Waals surface area (Å²) in [6.07, 6.45) is 1.14. The number of alkyl halides is 2. The Hall–Kier alpha value is -1.51.